The van der Waals surface area contributed by atoms with Crippen molar-refractivity contribution in [1.82, 2.24) is 14.8 Å². The van der Waals surface area contributed by atoms with E-state index in [2.05, 4.69) is 4.98 Å². The van der Waals surface area contributed by atoms with E-state index in [9.17, 15) is 14.7 Å². The number of ketones is 1. The van der Waals surface area contributed by atoms with Gasteiger partial charge in [-0.2, -0.15) is 0 Å². The summed E-state index contributed by atoms with van der Waals surface area (Å²) in [5.41, 5.74) is 1.19. The lowest BCUT2D eigenvalue weighted by Crippen LogP contribution is -2.32. The third-order valence-corrected chi connectivity index (χ3v) is 5.65. The Morgan fingerprint density at radius 3 is 2.41 bits per heavy atom. The highest BCUT2D eigenvalue weighted by Crippen LogP contribution is 2.40. The fourth-order valence-electron chi connectivity index (χ4n) is 4.05. The van der Waals surface area contributed by atoms with Gasteiger partial charge in [0.25, 0.3) is 11.7 Å². The van der Waals surface area contributed by atoms with Gasteiger partial charge in [0.15, 0.2) is 0 Å². The molecule has 174 valence electrons. The second-order valence-electron chi connectivity index (χ2n) is 8.37. The maximum absolute atomic E-state index is 13.1. The van der Waals surface area contributed by atoms with Crippen molar-refractivity contribution >= 4 is 17.4 Å². The molecule has 1 saturated heterocycles. The van der Waals surface area contributed by atoms with E-state index in [0.717, 1.165) is 6.54 Å². The van der Waals surface area contributed by atoms with E-state index >= 15 is 0 Å². The fraction of sp³-hybridized carbons (Fsp3) is 0.222. The van der Waals surface area contributed by atoms with E-state index in [1.165, 1.54) is 12.4 Å². The Morgan fingerprint density at radius 2 is 1.71 bits per heavy atom. The second-order valence-corrected chi connectivity index (χ2v) is 8.37. The SMILES string of the molecule is CN(C)CCCN1C(=O)C(=O)C(=C(O)c2ccncc2)C1c1cccc(Oc2ccccc2)c1. The van der Waals surface area contributed by atoms with Gasteiger partial charge in [-0.25, -0.2) is 0 Å². The Bertz CT molecular complexity index is 1190. The number of aliphatic hydroxyl groups excluding tert-OH is 1. The molecule has 1 aromatic heterocycles. The number of benzene rings is 2. The number of likely N-dealkylation sites (tertiary alicyclic amines) is 1. The molecular formula is C27H27N3O4. The van der Waals surface area contributed by atoms with Gasteiger partial charge in [-0.3, -0.25) is 14.6 Å². The van der Waals surface area contributed by atoms with E-state index in [4.69, 9.17) is 4.74 Å². The first-order valence-electron chi connectivity index (χ1n) is 11.1. The highest BCUT2D eigenvalue weighted by molar-refractivity contribution is 6.46. The van der Waals surface area contributed by atoms with Crippen LogP contribution < -0.4 is 4.74 Å². The number of hydrogen-bond donors (Lipinski definition) is 1. The minimum atomic E-state index is -0.727. The maximum atomic E-state index is 13.1. The van der Waals surface area contributed by atoms with E-state index < -0.39 is 17.7 Å². The average molecular weight is 458 g/mol. The van der Waals surface area contributed by atoms with Crippen LogP contribution in [0.1, 0.15) is 23.6 Å². The zero-order valence-electron chi connectivity index (χ0n) is 19.2. The molecule has 4 rings (SSSR count). The van der Waals surface area contributed by atoms with Gasteiger partial charge in [-0.15, -0.1) is 0 Å². The number of Topliss-reactive ketones (excluding diaryl/α,β-unsaturated/α-hetero) is 1. The van der Waals surface area contributed by atoms with Gasteiger partial charge >= 0.3 is 0 Å². The number of carbonyl (C=O) groups excluding carboxylic acids is 2. The summed E-state index contributed by atoms with van der Waals surface area (Å²) in [5.74, 6) is -0.273. The Labute approximate surface area is 198 Å². The number of aliphatic hydroxyl groups is 1. The van der Waals surface area contributed by atoms with Crippen LogP contribution in [0.4, 0.5) is 0 Å². The summed E-state index contributed by atoms with van der Waals surface area (Å²) in [5, 5.41) is 11.1. The lowest BCUT2D eigenvalue weighted by molar-refractivity contribution is -0.139. The maximum Gasteiger partial charge on any atom is 0.295 e. The summed E-state index contributed by atoms with van der Waals surface area (Å²) in [6.07, 6.45) is 3.75. The van der Waals surface area contributed by atoms with Crippen molar-refractivity contribution in [3.05, 3.63) is 95.8 Å². The molecular weight excluding hydrogens is 430 g/mol. The van der Waals surface area contributed by atoms with Crippen molar-refractivity contribution in [2.24, 2.45) is 0 Å². The predicted molar refractivity (Wildman–Crippen MR) is 129 cm³/mol. The number of ether oxygens (including phenoxy) is 1. The molecule has 0 saturated carbocycles. The van der Waals surface area contributed by atoms with Crippen molar-refractivity contribution in [3.8, 4) is 11.5 Å². The van der Waals surface area contributed by atoms with Crippen LogP contribution in [0.15, 0.2) is 84.7 Å². The number of aromatic nitrogens is 1. The van der Waals surface area contributed by atoms with Crippen LogP contribution in [-0.4, -0.2) is 58.8 Å². The molecule has 2 heterocycles. The topological polar surface area (TPSA) is 83.0 Å². The molecule has 1 N–H and O–H groups in total. The molecule has 3 aromatic rings. The lowest BCUT2D eigenvalue weighted by atomic mass is 9.95. The largest absolute Gasteiger partial charge is 0.507 e. The van der Waals surface area contributed by atoms with Crippen molar-refractivity contribution in [1.29, 1.82) is 0 Å². The molecule has 1 aliphatic rings. The molecule has 0 aliphatic carbocycles. The van der Waals surface area contributed by atoms with E-state index in [0.29, 0.717) is 35.6 Å². The summed E-state index contributed by atoms with van der Waals surface area (Å²) in [4.78, 5) is 33.7. The third kappa shape index (κ3) is 5.00. The summed E-state index contributed by atoms with van der Waals surface area (Å²) >= 11 is 0. The molecule has 1 amide bonds. The highest BCUT2D eigenvalue weighted by Gasteiger charge is 2.45. The molecule has 0 radical (unpaired) electrons. The summed E-state index contributed by atoms with van der Waals surface area (Å²) in [6.45, 7) is 1.14. The average Bonchev–Trinajstić information content (AvgIpc) is 3.10. The van der Waals surface area contributed by atoms with Crippen LogP contribution in [0.2, 0.25) is 0 Å². The van der Waals surface area contributed by atoms with Gasteiger partial charge in [0.05, 0.1) is 11.6 Å². The van der Waals surface area contributed by atoms with E-state index in [-0.39, 0.29) is 11.3 Å². The molecule has 34 heavy (non-hydrogen) atoms. The van der Waals surface area contributed by atoms with Gasteiger partial charge in [0.2, 0.25) is 0 Å². The number of pyridine rings is 1. The van der Waals surface area contributed by atoms with Gasteiger partial charge in [0.1, 0.15) is 17.3 Å². The summed E-state index contributed by atoms with van der Waals surface area (Å²) in [6, 6.07) is 19.2. The molecule has 1 atom stereocenters. The Kier molecular flexibility index (Phi) is 7.04. The minimum absolute atomic E-state index is 0.0675. The standard InChI is InChI=1S/C27H27N3O4/c1-29(2)16-7-17-30-24(20-8-6-11-22(18-20)34-21-9-4-3-5-10-21)23(26(32)27(30)33)25(31)19-12-14-28-15-13-19/h3-6,8-15,18,24,31H,7,16-17H2,1-2H3. The number of hydrogen-bond acceptors (Lipinski definition) is 6. The number of amides is 1. The van der Waals surface area contributed by atoms with E-state index in [1.54, 1.807) is 17.0 Å². The van der Waals surface area contributed by atoms with Crippen LogP contribution in [0.3, 0.4) is 0 Å². The first-order chi connectivity index (χ1) is 16.5. The summed E-state index contributed by atoms with van der Waals surface area (Å²) in [7, 11) is 3.92. The Morgan fingerprint density at radius 1 is 1.00 bits per heavy atom. The monoisotopic (exact) mass is 457 g/mol. The van der Waals surface area contributed by atoms with E-state index in [1.807, 2.05) is 73.6 Å². The van der Waals surface area contributed by atoms with Gasteiger partial charge in [-0.05, 0) is 69.0 Å². The first kappa shape index (κ1) is 23.2. The van der Waals surface area contributed by atoms with Crippen LogP contribution in [0, 0.1) is 0 Å². The molecule has 2 aromatic carbocycles. The van der Waals surface area contributed by atoms with Gasteiger partial charge < -0.3 is 19.6 Å². The first-order valence-corrected chi connectivity index (χ1v) is 11.1. The van der Waals surface area contributed by atoms with Crippen LogP contribution in [0.25, 0.3) is 5.76 Å². The molecule has 0 spiro atoms. The van der Waals surface area contributed by atoms with Crippen molar-refractivity contribution in [3.63, 3.8) is 0 Å². The smallest absolute Gasteiger partial charge is 0.295 e. The number of nitrogens with zero attached hydrogens (tertiary/aromatic N) is 3. The number of rotatable bonds is 8. The second kappa shape index (κ2) is 10.3. The fourth-order valence-corrected chi connectivity index (χ4v) is 4.05. The Balaban J connectivity index is 1.76. The molecule has 1 unspecified atom stereocenters. The molecule has 1 fully saturated rings. The molecule has 7 heteroatoms. The quantitative estimate of drug-likeness (QED) is 0.309. The highest BCUT2D eigenvalue weighted by atomic mass is 16.5. The van der Waals surface area contributed by atoms with Crippen molar-refractivity contribution in [2.75, 3.05) is 27.2 Å². The lowest BCUT2D eigenvalue weighted by Gasteiger charge is -2.26. The molecule has 7 nitrogen and oxygen atoms in total. The van der Waals surface area contributed by atoms with Gasteiger partial charge in [-0.1, -0.05) is 30.3 Å². The number of para-hydroxylation sites is 1. The predicted octanol–water partition coefficient (Wildman–Crippen LogP) is 4.25. The molecule has 0 bridgehead atoms. The zero-order valence-corrected chi connectivity index (χ0v) is 19.2. The Hall–Kier alpha value is -3.97. The van der Waals surface area contributed by atoms with Crippen LogP contribution in [-0.2, 0) is 9.59 Å². The normalized spacial score (nSPS) is 17.4. The van der Waals surface area contributed by atoms with Gasteiger partial charge in [0, 0.05) is 24.5 Å². The van der Waals surface area contributed by atoms with Crippen molar-refractivity contribution in [2.45, 2.75) is 12.5 Å². The van der Waals surface area contributed by atoms with Crippen molar-refractivity contribution < 1.29 is 19.4 Å². The number of carbonyl (C=O) groups is 2. The summed E-state index contributed by atoms with van der Waals surface area (Å²) < 4.78 is 5.98. The van der Waals surface area contributed by atoms with Crippen LogP contribution in [0.5, 0.6) is 11.5 Å². The van der Waals surface area contributed by atoms with Crippen LogP contribution >= 0.6 is 0 Å². The zero-order chi connectivity index (χ0) is 24.1. The third-order valence-electron chi connectivity index (χ3n) is 5.65. The minimum Gasteiger partial charge on any atom is -0.507 e. The molecule has 1 aliphatic heterocycles.